The molecule has 0 saturated carbocycles. The molecule has 0 aliphatic rings. The lowest BCUT2D eigenvalue weighted by Crippen LogP contribution is -2.11. The first-order chi connectivity index (χ1) is 16.1. The Balaban J connectivity index is 2.01. The van der Waals surface area contributed by atoms with E-state index < -0.39 is 0 Å². The van der Waals surface area contributed by atoms with Crippen LogP contribution in [0.1, 0.15) is 0 Å². The molecule has 10 heteroatoms. The molecule has 0 radical (unpaired) electrons. The number of hydrogen-bond donors (Lipinski definition) is 2. The molecular formula is C23H31N5O4S. The number of fused-ring (bicyclic) bond motifs is 1. The van der Waals surface area contributed by atoms with Crippen LogP contribution in [-0.4, -0.2) is 71.8 Å². The van der Waals surface area contributed by atoms with Crippen molar-refractivity contribution in [3.8, 4) is 11.5 Å². The van der Waals surface area contributed by atoms with Crippen molar-refractivity contribution in [1.29, 1.82) is 0 Å². The van der Waals surface area contributed by atoms with E-state index in [2.05, 4.69) is 43.1 Å². The molecule has 1 heterocycles. The summed E-state index contributed by atoms with van der Waals surface area (Å²) in [6.45, 7) is 1.74. The predicted octanol–water partition coefficient (Wildman–Crippen LogP) is 3.72. The molecule has 9 nitrogen and oxygen atoms in total. The van der Waals surface area contributed by atoms with E-state index in [0.717, 1.165) is 27.2 Å². The molecule has 178 valence electrons. The van der Waals surface area contributed by atoms with Crippen molar-refractivity contribution in [2.24, 2.45) is 0 Å². The maximum Gasteiger partial charge on any atom is 0.163 e. The Morgan fingerprint density at radius 3 is 2.24 bits per heavy atom. The van der Waals surface area contributed by atoms with Crippen LogP contribution in [0.2, 0.25) is 0 Å². The van der Waals surface area contributed by atoms with Gasteiger partial charge < -0.3 is 29.2 Å². The summed E-state index contributed by atoms with van der Waals surface area (Å²) in [6.07, 6.45) is 1.54. The number of anilines is 3. The second kappa shape index (κ2) is 12.4. The monoisotopic (exact) mass is 473 g/mol. The minimum absolute atomic E-state index is 0.396. The molecule has 0 amide bonds. The van der Waals surface area contributed by atoms with Crippen molar-refractivity contribution in [2.45, 2.75) is 4.90 Å². The molecule has 0 fully saturated rings. The lowest BCUT2D eigenvalue weighted by molar-refractivity contribution is 0.132. The van der Waals surface area contributed by atoms with Crippen LogP contribution in [0.5, 0.6) is 11.5 Å². The molecule has 33 heavy (non-hydrogen) atoms. The van der Waals surface area contributed by atoms with Gasteiger partial charge in [0, 0.05) is 44.7 Å². The quantitative estimate of drug-likeness (QED) is 0.283. The van der Waals surface area contributed by atoms with E-state index in [-0.39, 0.29) is 0 Å². The highest BCUT2D eigenvalue weighted by molar-refractivity contribution is 7.97. The van der Waals surface area contributed by atoms with Crippen LogP contribution in [-0.2, 0) is 9.47 Å². The van der Waals surface area contributed by atoms with Crippen LogP contribution >= 0.6 is 11.9 Å². The molecule has 2 aromatic carbocycles. The first-order valence-electron chi connectivity index (χ1n) is 10.5. The first kappa shape index (κ1) is 24.8. The van der Waals surface area contributed by atoms with E-state index in [1.165, 1.54) is 6.33 Å². The average Bonchev–Trinajstić information content (AvgIpc) is 2.80. The molecular weight excluding hydrogens is 442 g/mol. The molecule has 0 unspecified atom stereocenters. The first-order valence-corrected chi connectivity index (χ1v) is 11.3. The van der Waals surface area contributed by atoms with Gasteiger partial charge in [0.1, 0.15) is 25.4 Å². The highest BCUT2D eigenvalue weighted by Gasteiger charge is 2.15. The third kappa shape index (κ3) is 6.61. The standard InChI is InChI=1S/C23H31N5O4S/c1-24-33-16-6-7-20(28(2)3)19(12-16)27-23-17-13-21(31-10-8-29-4)22(32-11-9-30-5)14-18(17)25-15-26-23/h6-7,12-15,24H,8-11H2,1-5H3,(H,25,26,27). The zero-order valence-electron chi connectivity index (χ0n) is 19.7. The van der Waals surface area contributed by atoms with E-state index in [0.29, 0.717) is 43.7 Å². The van der Waals surface area contributed by atoms with Gasteiger partial charge in [0.2, 0.25) is 0 Å². The topological polar surface area (TPSA) is 90.0 Å². The molecule has 0 bridgehead atoms. The Morgan fingerprint density at radius 2 is 1.61 bits per heavy atom. The summed E-state index contributed by atoms with van der Waals surface area (Å²) in [5.74, 6) is 1.87. The van der Waals surface area contributed by atoms with Crippen molar-refractivity contribution in [3.05, 3.63) is 36.7 Å². The van der Waals surface area contributed by atoms with E-state index in [4.69, 9.17) is 18.9 Å². The highest BCUT2D eigenvalue weighted by atomic mass is 32.2. The maximum atomic E-state index is 5.94. The average molecular weight is 474 g/mol. The Kier molecular flexibility index (Phi) is 9.37. The zero-order chi connectivity index (χ0) is 23.6. The predicted molar refractivity (Wildman–Crippen MR) is 133 cm³/mol. The molecule has 1 aromatic heterocycles. The van der Waals surface area contributed by atoms with Gasteiger partial charge in [0.15, 0.2) is 11.5 Å². The van der Waals surface area contributed by atoms with E-state index >= 15 is 0 Å². The van der Waals surface area contributed by atoms with E-state index in [9.17, 15) is 0 Å². The summed E-state index contributed by atoms with van der Waals surface area (Å²) in [5.41, 5.74) is 2.71. The maximum absolute atomic E-state index is 5.94. The molecule has 0 spiro atoms. The van der Waals surface area contributed by atoms with Gasteiger partial charge in [-0.25, -0.2) is 9.97 Å². The van der Waals surface area contributed by atoms with Crippen molar-refractivity contribution < 1.29 is 18.9 Å². The summed E-state index contributed by atoms with van der Waals surface area (Å²) in [5, 5.41) is 4.31. The van der Waals surface area contributed by atoms with Crippen LogP contribution in [0.15, 0.2) is 41.6 Å². The van der Waals surface area contributed by atoms with Gasteiger partial charge in [-0.05, 0) is 43.3 Å². The van der Waals surface area contributed by atoms with Gasteiger partial charge >= 0.3 is 0 Å². The van der Waals surface area contributed by atoms with Crippen LogP contribution in [0.3, 0.4) is 0 Å². The van der Waals surface area contributed by atoms with Gasteiger partial charge in [0.25, 0.3) is 0 Å². The number of ether oxygens (including phenoxy) is 4. The molecule has 3 aromatic rings. The Bertz CT molecular complexity index is 1050. The number of nitrogens with zero attached hydrogens (tertiary/aromatic N) is 3. The van der Waals surface area contributed by atoms with Gasteiger partial charge in [-0.2, -0.15) is 0 Å². The number of hydrogen-bond acceptors (Lipinski definition) is 10. The summed E-state index contributed by atoms with van der Waals surface area (Å²) >= 11 is 1.55. The van der Waals surface area contributed by atoms with Gasteiger partial charge in [0.05, 0.1) is 30.1 Å². The fourth-order valence-electron chi connectivity index (χ4n) is 3.17. The second-order valence-electron chi connectivity index (χ2n) is 7.23. The SMILES string of the molecule is CNSc1ccc(N(C)C)c(Nc2ncnc3cc(OCCOC)c(OCCOC)cc23)c1. The molecule has 3 rings (SSSR count). The lowest BCUT2D eigenvalue weighted by atomic mass is 10.2. The molecule has 2 N–H and O–H groups in total. The summed E-state index contributed by atoms with van der Waals surface area (Å²) in [7, 11) is 9.19. The third-order valence-corrected chi connectivity index (χ3v) is 5.41. The van der Waals surface area contributed by atoms with Gasteiger partial charge in [-0.15, -0.1) is 0 Å². The fourth-order valence-corrected chi connectivity index (χ4v) is 3.72. The van der Waals surface area contributed by atoms with Crippen molar-refractivity contribution in [2.75, 3.05) is 72.0 Å². The van der Waals surface area contributed by atoms with Crippen LogP contribution < -0.4 is 24.4 Å². The smallest absolute Gasteiger partial charge is 0.163 e. The summed E-state index contributed by atoms with van der Waals surface area (Å²) in [4.78, 5) is 12.1. The molecule has 0 aliphatic heterocycles. The Labute approximate surface area is 198 Å². The van der Waals surface area contributed by atoms with E-state index in [1.807, 2.05) is 33.3 Å². The van der Waals surface area contributed by atoms with Crippen LogP contribution in [0, 0.1) is 0 Å². The number of rotatable bonds is 13. The minimum Gasteiger partial charge on any atom is -0.487 e. The largest absolute Gasteiger partial charge is 0.487 e. The number of nitrogens with one attached hydrogen (secondary N) is 2. The Hall–Kier alpha value is -2.79. The van der Waals surface area contributed by atoms with Crippen molar-refractivity contribution in [1.82, 2.24) is 14.7 Å². The van der Waals surface area contributed by atoms with Crippen molar-refractivity contribution in [3.63, 3.8) is 0 Å². The van der Waals surface area contributed by atoms with Crippen LogP contribution in [0.4, 0.5) is 17.2 Å². The summed E-state index contributed by atoms with van der Waals surface area (Å²) in [6, 6.07) is 10.00. The number of aromatic nitrogens is 2. The zero-order valence-corrected chi connectivity index (χ0v) is 20.5. The molecule has 0 atom stereocenters. The lowest BCUT2D eigenvalue weighted by Gasteiger charge is -2.20. The van der Waals surface area contributed by atoms with Gasteiger partial charge in [-0.3, -0.25) is 4.72 Å². The highest BCUT2D eigenvalue weighted by Crippen LogP contribution is 2.37. The summed E-state index contributed by atoms with van der Waals surface area (Å²) < 4.78 is 25.2. The van der Waals surface area contributed by atoms with Crippen LogP contribution in [0.25, 0.3) is 10.9 Å². The Morgan fingerprint density at radius 1 is 0.909 bits per heavy atom. The fraction of sp³-hybridized carbons (Fsp3) is 0.391. The number of benzene rings is 2. The second-order valence-corrected chi connectivity index (χ2v) is 8.31. The minimum atomic E-state index is 0.396. The molecule has 0 aliphatic carbocycles. The third-order valence-electron chi connectivity index (χ3n) is 4.71. The van der Waals surface area contributed by atoms with Gasteiger partial charge in [-0.1, -0.05) is 0 Å². The number of methoxy groups -OCH3 is 2. The molecule has 0 saturated heterocycles. The van der Waals surface area contributed by atoms with E-state index in [1.54, 1.807) is 26.2 Å². The normalized spacial score (nSPS) is 10.9. The van der Waals surface area contributed by atoms with Crippen molar-refractivity contribution >= 4 is 40.0 Å².